The largest absolute Gasteiger partial charge is 0.495 e. The van der Waals surface area contributed by atoms with Gasteiger partial charge in [-0.1, -0.05) is 35.5 Å². The first-order chi connectivity index (χ1) is 9.17. The number of methoxy groups -OCH3 is 1. The summed E-state index contributed by atoms with van der Waals surface area (Å²) in [6.45, 7) is 2.07. The molecule has 102 valence electrons. The third kappa shape index (κ3) is 3.05. The fraction of sp³-hybridized carbons (Fsp3) is 0.385. The summed E-state index contributed by atoms with van der Waals surface area (Å²) in [5.41, 5.74) is 1.58. The van der Waals surface area contributed by atoms with E-state index in [2.05, 4.69) is 16.5 Å². The monoisotopic (exact) mass is 298 g/mol. The molecule has 1 heterocycles. The fourth-order valence-electron chi connectivity index (χ4n) is 1.83. The lowest BCUT2D eigenvalue weighted by Gasteiger charge is -2.12. The van der Waals surface area contributed by atoms with Gasteiger partial charge < -0.3 is 9.84 Å². The molecule has 0 saturated heterocycles. The number of aliphatic hydroxyl groups excluding tert-OH is 1. The number of hydrogen-bond acceptors (Lipinski definition) is 5. The highest BCUT2D eigenvalue weighted by Crippen LogP contribution is 2.32. The molecular formula is C13H15ClN2O2S. The Morgan fingerprint density at radius 3 is 2.95 bits per heavy atom. The van der Waals surface area contributed by atoms with Crippen LogP contribution in [0.1, 0.15) is 35.6 Å². The van der Waals surface area contributed by atoms with Crippen molar-refractivity contribution in [2.75, 3.05) is 7.11 Å². The smallest absolute Gasteiger partial charge is 0.137 e. The topological polar surface area (TPSA) is 55.2 Å². The van der Waals surface area contributed by atoms with E-state index >= 15 is 0 Å². The molecule has 4 nitrogen and oxygen atoms in total. The maximum absolute atomic E-state index is 10.4. The van der Waals surface area contributed by atoms with Gasteiger partial charge in [0.1, 0.15) is 11.9 Å². The maximum atomic E-state index is 10.4. The van der Waals surface area contributed by atoms with E-state index in [4.69, 9.17) is 16.3 Å². The first-order valence-electron chi connectivity index (χ1n) is 6.00. The Hall–Kier alpha value is -1.17. The molecule has 0 aliphatic rings. The van der Waals surface area contributed by atoms with Gasteiger partial charge in [0.05, 0.1) is 22.7 Å². The van der Waals surface area contributed by atoms with Crippen LogP contribution < -0.4 is 4.74 Å². The van der Waals surface area contributed by atoms with Gasteiger partial charge in [-0.2, -0.15) is 0 Å². The Morgan fingerprint density at radius 2 is 2.26 bits per heavy atom. The summed E-state index contributed by atoms with van der Waals surface area (Å²) in [6, 6.07) is 5.24. The third-order valence-corrected chi connectivity index (χ3v) is 3.94. The molecule has 0 bridgehead atoms. The van der Waals surface area contributed by atoms with Crippen LogP contribution in [-0.4, -0.2) is 21.8 Å². The van der Waals surface area contributed by atoms with Crippen LogP contribution in [0.3, 0.4) is 0 Å². The molecule has 1 unspecified atom stereocenters. The van der Waals surface area contributed by atoms with E-state index in [9.17, 15) is 5.11 Å². The van der Waals surface area contributed by atoms with Crippen molar-refractivity contribution in [1.29, 1.82) is 0 Å². The first kappa shape index (κ1) is 14.2. The normalized spacial score (nSPS) is 12.4. The number of aromatic nitrogens is 2. The molecule has 19 heavy (non-hydrogen) atoms. The van der Waals surface area contributed by atoms with Gasteiger partial charge in [0.2, 0.25) is 0 Å². The van der Waals surface area contributed by atoms with Crippen molar-refractivity contribution in [2.45, 2.75) is 25.9 Å². The number of aryl methyl sites for hydroxylation is 1. The highest BCUT2D eigenvalue weighted by molar-refractivity contribution is 7.05. The first-order valence-corrected chi connectivity index (χ1v) is 7.15. The molecule has 1 atom stereocenters. The van der Waals surface area contributed by atoms with E-state index in [1.165, 1.54) is 11.5 Å². The number of ether oxygens (including phenoxy) is 1. The fourth-order valence-corrected chi connectivity index (χ4v) is 2.74. The van der Waals surface area contributed by atoms with Crippen molar-refractivity contribution in [3.8, 4) is 5.75 Å². The van der Waals surface area contributed by atoms with Crippen LogP contribution in [0, 0.1) is 0 Å². The zero-order chi connectivity index (χ0) is 13.8. The predicted molar refractivity (Wildman–Crippen MR) is 76.0 cm³/mol. The van der Waals surface area contributed by atoms with Crippen LogP contribution in [0.15, 0.2) is 18.2 Å². The molecule has 1 aromatic carbocycles. The highest BCUT2D eigenvalue weighted by atomic mass is 35.5. The summed E-state index contributed by atoms with van der Waals surface area (Å²) in [6.07, 6.45) is 1.04. The van der Waals surface area contributed by atoms with Crippen LogP contribution in [0.5, 0.6) is 5.75 Å². The molecule has 0 saturated carbocycles. The zero-order valence-electron chi connectivity index (χ0n) is 10.8. The molecule has 0 aliphatic heterocycles. The van der Waals surface area contributed by atoms with E-state index in [0.717, 1.165) is 29.0 Å². The quantitative estimate of drug-likeness (QED) is 0.921. The van der Waals surface area contributed by atoms with Gasteiger partial charge in [0.25, 0.3) is 0 Å². The van der Waals surface area contributed by atoms with Gasteiger partial charge in [-0.15, -0.1) is 5.10 Å². The Morgan fingerprint density at radius 1 is 1.47 bits per heavy atom. The molecule has 1 aromatic heterocycles. The Balaban J connectivity index is 2.32. The lowest BCUT2D eigenvalue weighted by Crippen LogP contribution is -2.02. The van der Waals surface area contributed by atoms with Gasteiger partial charge in [0.15, 0.2) is 0 Å². The van der Waals surface area contributed by atoms with Crippen LogP contribution in [-0.2, 0) is 6.42 Å². The lowest BCUT2D eigenvalue weighted by molar-refractivity contribution is 0.222. The Bertz CT molecular complexity index is 559. The molecule has 2 rings (SSSR count). The van der Waals surface area contributed by atoms with Gasteiger partial charge in [-0.05, 0) is 35.6 Å². The summed E-state index contributed by atoms with van der Waals surface area (Å²) in [7, 11) is 1.55. The average Bonchev–Trinajstić information content (AvgIpc) is 2.87. The van der Waals surface area contributed by atoms with Crippen molar-refractivity contribution in [3.63, 3.8) is 0 Å². The molecule has 0 spiro atoms. The van der Waals surface area contributed by atoms with Gasteiger partial charge >= 0.3 is 0 Å². The molecule has 2 aromatic rings. The molecule has 1 N–H and O–H groups in total. The number of hydrogen-bond donors (Lipinski definition) is 1. The summed E-state index contributed by atoms with van der Waals surface area (Å²) in [5, 5.41) is 15.0. The number of halogens is 1. The molecule has 0 radical (unpaired) electrons. The van der Waals surface area contributed by atoms with Crippen molar-refractivity contribution >= 4 is 23.1 Å². The Labute approximate surface area is 121 Å². The average molecular weight is 299 g/mol. The van der Waals surface area contributed by atoms with E-state index < -0.39 is 6.10 Å². The summed E-state index contributed by atoms with van der Waals surface area (Å²) in [5.74, 6) is 0.549. The minimum atomic E-state index is -0.743. The second kappa shape index (κ2) is 6.32. The standard InChI is InChI=1S/C13H15ClN2O2S/c1-3-4-10-13(19-16-15-10)12(17)8-5-6-9(14)11(7-8)18-2/h5-7,12,17H,3-4H2,1-2H3. The number of benzene rings is 1. The molecule has 0 amide bonds. The van der Waals surface area contributed by atoms with Crippen LogP contribution in [0.2, 0.25) is 5.02 Å². The van der Waals surface area contributed by atoms with Crippen LogP contribution >= 0.6 is 23.1 Å². The third-order valence-electron chi connectivity index (χ3n) is 2.81. The highest BCUT2D eigenvalue weighted by Gasteiger charge is 2.19. The second-order valence-corrected chi connectivity index (χ2v) is 5.32. The van der Waals surface area contributed by atoms with E-state index in [1.54, 1.807) is 25.3 Å². The van der Waals surface area contributed by atoms with Gasteiger partial charge in [-0.25, -0.2) is 0 Å². The molecular weight excluding hydrogens is 284 g/mol. The number of rotatable bonds is 5. The van der Waals surface area contributed by atoms with E-state index in [1.807, 2.05) is 0 Å². The zero-order valence-corrected chi connectivity index (χ0v) is 12.3. The van der Waals surface area contributed by atoms with Crippen molar-refractivity contribution in [3.05, 3.63) is 39.4 Å². The van der Waals surface area contributed by atoms with Crippen molar-refractivity contribution in [2.24, 2.45) is 0 Å². The number of aliphatic hydroxyl groups is 1. The van der Waals surface area contributed by atoms with Crippen LogP contribution in [0.4, 0.5) is 0 Å². The van der Waals surface area contributed by atoms with E-state index in [-0.39, 0.29) is 0 Å². The minimum absolute atomic E-state index is 0.523. The van der Waals surface area contributed by atoms with Crippen molar-refractivity contribution in [1.82, 2.24) is 9.59 Å². The summed E-state index contributed by atoms with van der Waals surface area (Å²) < 4.78 is 9.08. The SMILES string of the molecule is CCCc1nnsc1C(O)c1ccc(Cl)c(OC)c1. The molecule has 0 aliphatic carbocycles. The van der Waals surface area contributed by atoms with Gasteiger partial charge in [0, 0.05) is 0 Å². The molecule has 0 fully saturated rings. The summed E-state index contributed by atoms with van der Waals surface area (Å²) in [4.78, 5) is 0.784. The van der Waals surface area contributed by atoms with Crippen LogP contribution in [0.25, 0.3) is 0 Å². The Kier molecular flexibility index (Phi) is 4.74. The lowest BCUT2D eigenvalue weighted by atomic mass is 10.1. The predicted octanol–water partition coefficient (Wildman–Crippen LogP) is 3.23. The molecule has 6 heteroatoms. The summed E-state index contributed by atoms with van der Waals surface area (Å²) >= 11 is 7.20. The van der Waals surface area contributed by atoms with E-state index in [0.29, 0.717) is 10.8 Å². The maximum Gasteiger partial charge on any atom is 0.137 e. The second-order valence-electron chi connectivity index (χ2n) is 4.13. The van der Waals surface area contributed by atoms with Crippen molar-refractivity contribution < 1.29 is 9.84 Å². The van der Waals surface area contributed by atoms with Gasteiger partial charge in [-0.3, -0.25) is 0 Å². The number of nitrogens with zero attached hydrogens (tertiary/aromatic N) is 2. The minimum Gasteiger partial charge on any atom is -0.495 e.